The quantitative estimate of drug-likeness (QED) is 0.885. The van der Waals surface area contributed by atoms with E-state index in [9.17, 15) is 10.2 Å². The smallest absolute Gasteiger partial charge is 0.161 e. The first-order valence-electron chi connectivity index (χ1n) is 7.03. The van der Waals surface area contributed by atoms with Gasteiger partial charge in [0, 0.05) is 5.92 Å². The Morgan fingerprint density at radius 1 is 1.15 bits per heavy atom. The molecule has 1 aliphatic rings. The van der Waals surface area contributed by atoms with Crippen molar-refractivity contribution in [2.75, 3.05) is 6.61 Å². The summed E-state index contributed by atoms with van der Waals surface area (Å²) in [5, 5.41) is 20.2. The van der Waals surface area contributed by atoms with Crippen molar-refractivity contribution in [1.82, 2.24) is 0 Å². The molecule has 0 saturated carbocycles. The Labute approximate surface area is 120 Å². The number of hydrogen-bond acceptors (Lipinski definition) is 4. The molecule has 0 aliphatic carbocycles. The fraction of sp³-hybridized carbons (Fsp3) is 0.625. The molecular weight excluding hydrogens is 256 g/mol. The van der Waals surface area contributed by atoms with Gasteiger partial charge in [-0.25, -0.2) is 0 Å². The van der Waals surface area contributed by atoms with E-state index in [2.05, 4.69) is 0 Å². The number of aliphatic hydroxyl groups is 2. The van der Waals surface area contributed by atoms with Crippen LogP contribution in [0, 0.1) is 11.3 Å². The predicted molar refractivity (Wildman–Crippen MR) is 75.9 cm³/mol. The Bertz CT molecular complexity index is 412. The maximum absolute atomic E-state index is 10.3. The van der Waals surface area contributed by atoms with E-state index in [0.717, 1.165) is 5.56 Å². The number of aliphatic hydroxyl groups excluding tert-OH is 2. The first-order chi connectivity index (χ1) is 9.39. The Kier molecular flexibility index (Phi) is 4.81. The largest absolute Gasteiger partial charge is 0.390 e. The third-order valence-corrected chi connectivity index (χ3v) is 3.76. The second-order valence-electron chi connectivity index (χ2n) is 6.45. The molecule has 0 unspecified atom stereocenters. The highest BCUT2D eigenvalue weighted by Gasteiger charge is 2.48. The van der Waals surface area contributed by atoms with Crippen molar-refractivity contribution in [1.29, 1.82) is 0 Å². The Morgan fingerprint density at radius 2 is 1.80 bits per heavy atom. The molecule has 4 nitrogen and oxygen atoms in total. The van der Waals surface area contributed by atoms with Crippen LogP contribution in [-0.4, -0.2) is 35.3 Å². The van der Waals surface area contributed by atoms with Crippen molar-refractivity contribution in [2.24, 2.45) is 11.3 Å². The summed E-state index contributed by atoms with van der Waals surface area (Å²) < 4.78 is 11.0. The zero-order valence-electron chi connectivity index (χ0n) is 12.3. The first-order valence-corrected chi connectivity index (χ1v) is 7.03. The van der Waals surface area contributed by atoms with Gasteiger partial charge in [-0.15, -0.1) is 0 Å². The van der Waals surface area contributed by atoms with Crippen LogP contribution in [0.25, 0.3) is 0 Å². The lowest BCUT2D eigenvalue weighted by molar-refractivity contribution is -0.135. The van der Waals surface area contributed by atoms with Gasteiger partial charge in [0.15, 0.2) is 6.29 Å². The van der Waals surface area contributed by atoms with Gasteiger partial charge in [0.25, 0.3) is 0 Å². The average molecular weight is 280 g/mol. The number of rotatable bonds is 4. The van der Waals surface area contributed by atoms with Gasteiger partial charge in [0.1, 0.15) is 6.10 Å². The van der Waals surface area contributed by atoms with Gasteiger partial charge >= 0.3 is 0 Å². The molecule has 1 saturated heterocycles. The second kappa shape index (κ2) is 6.22. The third-order valence-electron chi connectivity index (χ3n) is 3.76. The van der Waals surface area contributed by atoms with Crippen molar-refractivity contribution in [3.05, 3.63) is 35.9 Å². The van der Waals surface area contributed by atoms with E-state index < -0.39 is 18.5 Å². The highest BCUT2D eigenvalue weighted by Crippen LogP contribution is 2.39. The lowest BCUT2D eigenvalue weighted by Crippen LogP contribution is -2.38. The van der Waals surface area contributed by atoms with E-state index in [1.165, 1.54) is 0 Å². The molecule has 0 bridgehead atoms. The molecule has 2 N–H and O–H groups in total. The number of benzene rings is 1. The molecule has 20 heavy (non-hydrogen) atoms. The van der Waals surface area contributed by atoms with E-state index in [0.29, 0.717) is 6.61 Å². The first kappa shape index (κ1) is 15.4. The van der Waals surface area contributed by atoms with Crippen LogP contribution in [0.3, 0.4) is 0 Å². The van der Waals surface area contributed by atoms with Crippen molar-refractivity contribution in [3.8, 4) is 0 Å². The lowest BCUT2D eigenvalue weighted by atomic mass is 9.77. The molecule has 1 aromatic carbocycles. The van der Waals surface area contributed by atoms with Crippen LogP contribution in [0.15, 0.2) is 30.3 Å². The van der Waals surface area contributed by atoms with Crippen molar-refractivity contribution < 1.29 is 19.7 Å². The zero-order chi connectivity index (χ0) is 14.8. The van der Waals surface area contributed by atoms with E-state index in [-0.39, 0.29) is 17.9 Å². The standard InChI is InChI=1S/C16H24O4/c1-16(2,3)13-14(17)12(20-15(13)18)10-19-9-11-7-5-4-6-8-11/h4-8,12-15,17-18H,9-10H2,1-3H3/t12-,13+,14-,15-/m1/s1. The van der Waals surface area contributed by atoms with Crippen molar-refractivity contribution >= 4 is 0 Å². The minimum atomic E-state index is -0.935. The summed E-state index contributed by atoms with van der Waals surface area (Å²) >= 11 is 0. The van der Waals surface area contributed by atoms with Gasteiger partial charge in [-0.2, -0.15) is 0 Å². The lowest BCUT2D eigenvalue weighted by Gasteiger charge is -2.30. The average Bonchev–Trinajstić information content (AvgIpc) is 2.65. The fourth-order valence-corrected chi connectivity index (χ4v) is 2.69. The highest BCUT2D eigenvalue weighted by molar-refractivity contribution is 5.13. The summed E-state index contributed by atoms with van der Waals surface area (Å²) in [7, 11) is 0. The maximum atomic E-state index is 10.3. The van der Waals surface area contributed by atoms with Crippen molar-refractivity contribution in [2.45, 2.75) is 45.9 Å². The molecule has 1 heterocycles. The number of ether oxygens (including phenoxy) is 2. The van der Waals surface area contributed by atoms with Crippen LogP contribution in [0.1, 0.15) is 26.3 Å². The Hall–Kier alpha value is -0.940. The predicted octanol–water partition coefficient (Wildman–Crippen LogP) is 1.94. The fourth-order valence-electron chi connectivity index (χ4n) is 2.69. The summed E-state index contributed by atoms with van der Waals surface area (Å²) in [6.45, 7) is 6.71. The van der Waals surface area contributed by atoms with Crippen LogP contribution in [0.5, 0.6) is 0 Å². The molecule has 1 aromatic rings. The molecule has 4 heteroatoms. The van der Waals surface area contributed by atoms with Crippen molar-refractivity contribution in [3.63, 3.8) is 0 Å². The topological polar surface area (TPSA) is 58.9 Å². The molecule has 0 amide bonds. The maximum Gasteiger partial charge on any atom is 0.161 e. The van der Waals surface area contributed by atoms with Crippen LogP contribution in [-0.2, 0) is 16.1 Å². The normalized spacial score (nSPS) is 30.6. The van der Waals surface area contributed by atoms with E-state index in [4.69, 9.17) is 9.47 Å². The summed E-state index contributed by atoms with van der Waals surface area (Å²) in [5.74, 6) is -0.298. The summed E-state index contributed by atoms with van der Waals surface area (Å²) in [6.07, 6.45) is -2.12. The SMILES string of the molecule is CC(C)(C)[C@H]1[C@H](O)[C@@H](COCc2ccccc2)O[C@H]1O. The monoisotopic (exact) mass is 280 g/mol. The molecule has 1 aliphatic heterocycles. The van der Waals surface area contributed by atoms with Crippen LogP contribution in [0.4, 0.5) is 0 Å². The molecule has 1 fully saturated rings. The summed E-state index contributed by atoms with van der Waals surface area (Å²) in [5.41, 5.74) is 0.862. The van der Waals surface area contributed by atoms with E-state index in [1.807, 2.05) is 51.1 Å². The zero-order valence-corrected chi connectivity index (χ0v) is 12.3. The van der Waals surface area contributed by atoms with Gasteiger partial charge in [-0.1, -0.05) is 51.1 Å². The van der Waals surface area contributed by atoms with Gasteiger partial charge in [-0.05, 0) is 11.0 Å². The molecule has 0 radical (unpaired) electrons. The van der Waals surface area contributed by atoms with Gasteiger partial charge in [0.2, 0.25) is 0 Å². The molecule has 0 aromatic heterocycles. The Morgan fingerprint density at radius 3 is 2.35 bits per heavy atom. The van der Waals surface area contributed by atoms with Gasteiger partial charge in [0.05, 0.1) is 19.3 Å². The van der Waals surface area contributed by atoms with Crippen LogP contribution < -0.4 is 0 Å². The summed E-state index contributed by atoms with van der Waals surface area (Å²) in [6, 6.07) is 9.84. The van der Waals surface area contributed by atoms with Crippen LogP contribution in [0.2, 0.25) is 0 Å². The molecule has 0 spiro atoms. The highest BCUT2D eigenvalue weighted by atomic mass is 16.6. The third kappa shape index (κ3) is 3.58. The minimum Gasteiger partial charge on any atom is -0.390 e. The Balaban J connectivity index is 1.85. The molecule has 2 rings (SSSR count). The molecule has 112 valence electrons. The second-order valence-corrected chi connectivity index (χ2v) is 6.45. The number of hydrogen-bond donors (Lipinski definition) is 2. The van der Waals surface area contributed by atoms with Gasteiger partial charge in [-0.3, -0.25) is 0 Å². The van der Waals surface area contributed by atoms with Crippen LogP contribution >= 0.6 is 0 Å². The summed E-state index contributed by atoms with van der Waals surface area (Å²) in [4.78, 5) is 0. The van der Waals surface area contributed by atoms with Gasteiger partial charge < -0.3 is 19.7 Å². The minimum absolute atomic E-state index is 0.215. The molecular formula is C16H24O4. The van der Waals surface area contributed by atoms with E-state index >= 15 is 0 Å². The van der Waals surface area contributed by atoms with E-state index in [1.54, 1.807) is 0 Å². The molecule has 4 atom stereocenters.